The van der Waals surface area contributed by atoms with Gasteiger partial charge in [0.15, 0.2) is 0 Å². The van der Waals surface area contributed by atoms with Gasteiger partial charge in [-0.2, -0.15) is 4.31 Å². The van der Waals surface area contributed by atoms with Crippen LogP contribution in [0.2, 0.25) is 0 Å². The van der Waals surface area contributed by atoms with E-state index in [-0.39, 0.29) is 18.0 Å². The first-order valence-corrected chi connectivity index (χ1v) is 8.07. The standard InChI is InChI=1S/C16H17NO3S/c1-3-11-17(13-15-6-5-12-20-15)21(18,19)16-9-7-14(4-2)8-10-16/h1,5-10,12H,4,11,13H2,2H3. The molecule has 2 aromatic rings. The normalized spacial score (nSPS) is 11.5. The third kappa shape index (κ3) is 3.54. The van der Waals surface area contributed by atoms with Crippen LogP contribution in [0.4, 0.5) is 0 Å². The second kappa shape index (κ2) is 6.61. The average Bonchev–Trinajstić information content (AvgIpc) is 3.00. The lowest BCUT2D eigenvalue weighted by Gasteiger charge is -2.19. The topological polar surface area (TPSA) is 50.5 Å². The summed E-state index contributed by atoms with van der Waals surface area (Å²) >= 11 is 0. The fraction of sp³-hybridized carbons (Fsp3) is 0.250. The molecule has 0 bridgehead atoms. The van der Waals surface area contributed by atoms with Crippen molar-refractivity contribution >= 4 is 10.0 Å². The highest BCUT2D eigenvalue weighted by molar-refractivity contribution is 7.89. The zero-order valence-corrected chi connectivity index (χ0v) is 12.6. The largest absolute Gasteiger partial charge is 0.468 e. The second-order valence-corrected chi connectivity index (χ2v) is 6.49. The Bertz CT molecular complexity index is 710. The molecule has 0 aliphatic heterocycles. The van der Waals surface area contributed by atoms with Crippen LogP contribution >= 0.6 is 0 Å². The van der Waals surface area contributed by atoms with Crippen LogP contribution in [-0.2, 0) is 23.0 Å². The molecule has 5 heteroatoms. The van der Waals surface area contributed by atoms with Crippen LogP contribution in [0.5, 0.6) is 0 Å². The Balaban J connectivity index is 2.30. The van der Waals surface area contributed by atoms with Gasteiger partial charge in [0, 0.05) is 0 Å². The maximum atomic E-state index is 12.6. The van der Waals surface area contributed by atoms with Crippen molar-refractivity contribution in [2.24, 2.45) is 0 Å². The molecule has 0 saturated carbocycles. The lowest BCUT2D eigenvalue weighted by molar-refractivity contribution is 0.389. The molecule has 0 radical (unpaired) electrons. The Morgan fingerprint density at radius 2 is 1.95 bits per heavy atom. The summed E-state index contributed by atoms with van der Waals surface area (Å²) < 4.78 is 31.7. The van der Waals surface area contributed by atoms with Gasteiger partial charge in [-0.3, -0.25) is 0 Å². The molecule has 2 rings (SSSR count). The molecule has 0 spiro atoms. The van der Waals surface area contributed by atoms with E-state index in [2.05, 4.69) is 5.92 Å². The maximum Gasteiger partial charge on any atom is 0.244 e. The molecule has 0 N–H and O–H groups in total. The van der Waals surface area contributed by atoms with E-state index < -0.39 is 10.0 Å². The van der Waals surface area contributed by atoms with E-state index in [1.165, 1.54) is 10.6 Å². The Labute approximate surface area is 125 Å². The van der Waals surface area contributed by atoms with E-state index in [4.69, 9.17) is 10.8 Å². The van der Waals surface area contributed by atoms with Crippen LogP contribution in [0, 0.1) is 12.3 Å². The molecule has 0 atom stereocenters. The van der Waals surface area contributed by atoms with E-state index in [0.717, 1.165) is 12.0 Å². The zero-order valence-electron chi connectivity index (χ0n) is 11.8. The van der Waals surface area contributed by atoms with Gasteiger partial charge in [-0.15, -0.1) is 6.42 Å². The predicted octanol–water partition coefficient (Wildman–Crippen LogP) is 2.67. The van der Waals surface area contributed by atoms with Crippen molar-refractivity contribution < 1.29 is 12.8 Å². The molecule has 21 heavy (non-hydrogen) atoms. The van der Waals surface area contributed by atoms with Crippen molar-refractivity contribution in [1.82, 2.24) is 4.31 Å². The van der Waals surface area contributed by atoms with Crippen molar-refractivity contribution in [2.45, 2.75) is 24.8 Å². The molecule has 1 aromatic heterocycles. The van der Waals surface area contributed by atoms with E-state index in [1.54, 1.807) is 24.3 Å². The van der Waals surface area contributed by atoms with Crippen molar-refractivity contribution in [3.63, 3.8) is 0 Å². The summed E-state index contributed by atoms with van der Waals surface area (Å²) in [7, 11) is -3.63. The monoisotopic (exact) mass is 303 g/mol. The molecular formula is C16H17NO3S. The number of aryl methyl sites for hydroxylation is 1. The lowest BCUT2D eigenvalue weighted by atomic mass is 10.2. The molecule has 1 heterocycles. The number of hydrogen-bond donors (Lipinski definition) is 0. The smallest absolute Gasteiger partial charge is 0.244 e. The van der Waals surface area contributed by atoms with E-state index >= 15 is 0 Å². The Morgan fingerprint density at radius 1 is 1.24 bits per heavy atom. The van der Waals surface area contributed by atoms with Gasteiger partial charge in [-0.1, -0.05) is 25.0 Å². The minimum atomic E-state index is -3.63. The molecule has 0 fully saturated rings. The van der Waals surface area contributed by atoms with Gasteiger partial charge >= 0.3 is 0 Å². The number of sulfonamides is 1. The molecule has 0 amide bonds. The average molecular weight is 303 g/mol. The van der Waals surface area contributed by atoms with Crippen LogP contribution in [0.1, 0.15) is 18.2 Å². The first-order valence-electron chi connectivity index (χ1n) is 6.63. The second-order valence-electron chi connectivity index (χ2n) is 4.55. The molecule has 0 saturated heterocycles. The molecule has 110 valence electrons. The molecule has 1 aromatic carbocycles. The van der Waals surface area contributed by atoms with Gasteiger partial charge in [-0.05, 0) is 36.2 Å². The summed E-state index contributed by atoms with van der Waals surface area (Å²) in [6.45, 7) is 2.14. The van der Waals surface area contributed by atoms with Crippen LogP contribution < -0.4 is 0 Å². The number of furan rings is 1. The number of hydrogen-bond acceptors (Lipinski definition) is 3. The Morgan fingerprint density at radius 3 is 2.48 bits per heavy atom. The highest BCUT2D eigenvalue weighted by Crippen LogP contribution is 2.19. The number of terminal acetylenes is 1. The highest BCUT2D eigenvalue weighted by atomic mass is 32.2. The quantitative estimate of drug-likeness (QED) is 0.771. The van der Waals surface area contributed by atoms with Gasteiger partial charge in [0.1, 0.15) is 5.76 Å². The lowest BCUT2D eigenvalue weighted by Crippen LogP contribution is -2.30. The van der Waals surface area contributed by atoms with Crippen LogP contribution in [0.15, 0.2) is 52.0 Å². The zero-order chi connectivity index (χ0) is 15.3. The van der Waals surface area contributed by atoms with Crippen molar-refractivity contribution in [2.75, 3.05) is 6.54 Å². The number of nitrogens with zero attached hydrogens (tertiary/aromatic N) is 1. The van der Waals surface area contributed by atoms with Gasteiger partial charge in [0.25, 0.3) is 0 Å². The molecule has 0 aliphatic rings. The van der Waals surface area contributed by atoms with E-state index in [0.29, 0.717) is 5.76 Å². The van der Waals surface area contributed by atoms with E-state index in [9.17, 15) is 8.42 Å². The minimum Gasteiger partial charge on any atom is -0.468 e. The van der Waals surface area contributed by atoms with Crippen LogP contribution in [0.25, 0.3) is 0 Å². The summed E-state index contributed by atoms with van der Waals surface area (Å²) in [5.74, 6) is 2.94. The fourth-order valence-electron chi connectivity index (χ4n) is 1.95. The van der Waals surface area contributed by atoms with Crippen LogP contribution in [-0.4, -0.2) is 19.3 Å². The predicted molar refractivity (Wildman–Crippen MR) is 81.0 cm³/mol. The number of benzene rings is 1. The highest BCUT2D eigenvalue weighted by Gasteiger charge is 2.24. The van der Waals surface area contributed by atoms with Crippen LogP contribution in [0.3, 0.4) is 0 Å². The van der Waals surface area contributed by atoms with E-state index in [1.807, 2.05) is 19.1 Å². The van der Waals surface area contributed by atoms with Gasteiger partial charge < -0.3 is 4.42 Å². The SMILES string of the molecule is C#CCN(Cc1ccco1)S(=O)(=O)c1ccc(CC)cc1. The summed E-state index contributed by atoms with van der Waals surface area (Å²) in [5, 5.41) is 0. The Hall–Kier alpha value is -2.03. The number of rotatable bonds is 6. The summed E-state index contributed by atoms with van der Waals surface area (Å²) in [5.41, 5.74) is 1.09. The molecule has 4 nitrogen and oxygen atoms in total. The summed E-state index contributed by atoms with van der Waals surface area (Å²) in [6.07, 6.45) is 7.66. The van der Waals surface area contributed by atoms with Crippen molar-refractivity contribution in [3.05, 3.63) is 54.0 Å². The summed E-state index contributed by atoms with van der Waals surface area (Å²) in [4.78, 5) is 0.238. The fourth-order valence-corrected chi connectivity index (χ4v) is 3.27. The minimum absolute atomic E-state index is 0.00143. The third-order valence-electron chi connectivity index (χ3n) is 3.15. The maximum absolute atomic E-state index is 12.6. The Kier molecular flexibility index (Phi) is 4.84. The molecule has 0 aliphatic carbocycles. The van der Waals surface area contributed by atoms with Crippen molar-refractivity contribution in [1.29, 1.82) is 0 Å². The van der Waals surface area contributed by atoms with Gasteiger partial charge in [0.2, 0.25) is 10.0 Å². The first-order chi connectivity index (χ1) is 10.1. The molecular weight excluding hydrogens is 286 g/mol. The van der Waals surface area contributed by atoms with Gasteiger partial charge in [0.05, 0.1) is 24.2 Å². The summed E-state index contributed by atoms with van der Waals surface area (Å²) in [6, 6.07) is 10.3. The molecule has 0 unspecified atom stereocenters. The third-order valence-corrected chi connectivity index (χ3v) is 4.96. The van der Waals surface area contributed by atoms with Gasteiger partial charge in [-0.25, -0.2) is 8.42 Å². The first kappa shape index (κ1) is 15.4. The van der Waals surface area contributed by atoms with Crippen molar-refractivity contribution in [3.8, 4) is 12.3 Å².